The molecule has 0 unspecified atom stereocenters. The summed E-state index contributed by atoms with van der Waals surface area (Å²) in [5, 5.41) is 10.9. The van der Waals surface area contributed by atoms with Crippen molar-refractivity contribution >= 4 is 33.2 Å². The first-order chi connectivity index (χ1) is 15.2. The first-order valence-electron chi connectivity index (χ1n) is 10.2. The first-order valence-corrected chi connectivity index (χ1v) is 12.0. The van der Waals surface area contributed by atoms with Gasteiger partial charge in [-0.2, -0.15) is 4.31 Å². The van der Waals surface area contributed by atoms with E-state index < -0.39 is 10.0 Å². The number of aryl methyl sites for hydroxylation is 2. The van der Waals surface area contributed by atoms with Gasteiger partial charge in [0, 0.05) is 31.5 Å². The number of hydrogen-bond acceptors (Lipinski definition) is 6. The fourth-order valence-electron chi connectivity index (χ4n) is 3.07. The van der Waals surface area contributed by atoms with E-state index in [1.54, 1.807) is 13.8 Å². The van der Waals surface area contributed by atoms with Crippen molar-refractivity contribution in [3.8, 4) is 11.5 Å². The van der Waals surface area contributed by atoms with Crippen molar-refractivity contribution in [2.45, 2.75) is 38.5 Å². The zero-order valence-electron chi connectivity index (χ0n) is 18.1. The number of sulfonamides is 1. The predicted octanol–water partition coefficient (Wildman–Crippen LogP) is 4.30. The summed E-state index contributed by atoms with van der Waals surface area (Å²) in [5.74, 6) is 0.372. The molecule has 3 rings (SSSR count). The molecule has 0 saturated heterocycles. The standard InChI is InChI=1S/C22H25ClN4O4S/c1-4-27(5-2)32(29,30)17-10-11-18(23)19(14-17)24-20(28)12-13-21-25-26-22(31-21)16-8-6-15(3)7-9-16/h6-11,14H,4-5,12-13H2,1-3H3,(H,24,28). The summed E-state index contributed by atoms with van der Waals surface area (Å²) in [6.07, 6.45) is 0.304. The smallest absolute Gasteiger partial charge is 0.247 e. The van der Waals surface area contributed by atoms with Crippen LogP contribution in [0.3, 0.4) is 0 Å². The molecule has 0 bridgehead atoms. The number of amides is 1. The fraction of sp³-hybridized carbons (Fsp3) is 0.318. The average molecular weight is 477 g/mol. The van der Waals surface area contributed by atoms with Crippen molar-refractivity contribution in [2.75, 3.05) is 18.4 Å². The molecule has 0 aliphatic rings. The van der Waals surface area contributed by atoms with Gasteiger partial charge in [0.1, 0.15) is 0 Å². The molecule has 0 saturated carbocycles. The molecule has 8 nitrogen and oxygen atoms in total. The zero-order chi connectivity index (χ0) is 23.3. The minimum absolute atomic E-state index is 0.0683. The Hall–Kier alpha value is -2.75. The van der Waals surface area contributed by atoms with E-state index in [9.17, 15) is 13.2 Å². The minimum Gasteiger partial charge on any atom is -0.421 e. The Morgan fingerprint density at radius 1 is 1.09 bits per heavy atom. The molecule has 0 fully saturated rings. The molecular formula is C22H25ClN4O4S. The third-order valence-electron chi connectivity index (χ3n) is 4.89. The van der Waals surface area contributed by atoms with Crippen molar-refractivity contribution < 1.29 is 17.6 Å². The van der Waals surface area contributed by atoms with Gasteiger partial charge in [-0.25, -0.2) is 8.42 Å². The topological polar surface area (TPSA) is 105 Å². The Morgan fingerprint density at radius 2 is 1.78 bits per heavy atom. The highest BCUT2D eigenvalue weighted by molar-refractivity contribution is 7.89. The Balaban J connectivity index is 1.66. The van der Waals surface area contributed by atoms with Crippen LogP contribution < -0.4 is 5.32 Å². The van der Waals surface area contributed by atoms with E-state index in [0.29, 0.717) is 24.9 Å². The number of benzene rings is 2. The molecule has 1 N–H and O–H groups in total. The molecule has 0 radical (unpaired) electrons. The van der Waals surface area contributed by atoms with Gasteiger partial charge in [-0.15, -0.1) is 10.2 Å². The maximum absolute atomic E-state index is 12.7. The Bertz CT molecular complexity index is 1190. The van der Waals surface area contributed by atoms with Gasteiger partial charge in [0.15, 0.2) is 0 Å². The van der Waals surface area contributed by atoms with E-state index >= 15 is 0 Å². The Kier molecular flexibility index (Phi) is 7.65. The van der Waals surface area contributed by atoms with Crippen LogP contribution >= 0.6 is 11.6 Å². The second-order valence-electron chi connectivity index (χ2n) is 7.15. The van der Waals surface area contributed by atoms with Crippen LogP contribution in [0.4, 0.5) is 5.69 Å². The number of aromatic nitrogens is 2. The van der Waals surface area contributed by atoms with Gasteiger partial charge in [-0.3, -0.25) is 4.79 Å². The van der Waals surface area contributed by atoms with Gasteiger partial charge in [0.25, 0.3) is 0 Å². The lowest BCUT2D eigenvalue weighted by atomic mass is 10.1. The molecule has 32 heavy (non-hydrogen) atoms. The summed E-state index contributed by atoms with van der Waals surface area (Å²) in [5.41, 5.74) is 2.16. The largest absolute Gasteiger partial charge is 0.421 e. The number of carbonyl (C=O) groups excluding carboxylic acids is 1. The van der Waals surface area contributed by atoms with Crippen molar-refractivity contribution in [3.63, 3.8) is 0 Å². The number of nitrogens with one attached hydrogen (secondary N) is 1. The van der Waals surface area contributed by atoms with Gasteiger partial charge in [0.2, 0.25) is 27.7 Å². The number of anilines is 1. The van der Waals surface area contributed by atoms with Gasteiger partial charge in [-0.1, -0.05) is 43.1 Å². The number of nitrogens with zero attached hydrogens (tertiary/aromatic N) is 3. The molecule has 0 atom stereocenters. The van der Waals surface area contributed by atoms with Gasteiger partial charge in [0.05, 0.1) is 15.6 Å². The lowest BCUT2D eigenvalue weighted by Crippen LogP contribution is -2.30. The highest BCUT2D eigenvalue weighted by atomic mass is 35.5. The van der Waals surface area contributed by atoms with E-state index in [-0.39, 0.29) is 34.4 Å². The normalized spacial score (nSPS) is 11.7. The van der Waals surface area contributed by atoms with Gasteiger partial charge in [-0.05, 0) is 37.3 Å². The van der Waals surface area contributed by atoms with Crippen molar-refractivity contribution in [1.82, 2.24) is 14.5 Å². The highest BCUT2D eigenvalue weighted by Crippen LogP contribution is 2.27. The lowest BCUT2D eigenvalue weighted by molar-refractivity contribution is -0.116. The highest BCUT2D eigenvalue weighted by Gasteiger charge is 2.23. The van der Waals surface area contributed by atoms with E-state index in [4.69, 9.17) is 16.0 Å². The first kappa shape index (κ1) is 23.9. The van der Waals surface area contributed by atoms with Crippen LogP contribution in [-0.2, 0) is 21.2 Å². The zero-order valence-corrected chi connectivity index (χ0v) is 19.7. The molecule has 1 heterocycles. The maximum Gasteiger partial charge on any atom is 0.247 e. The molecule has 170 valence electrons. The van der Waals surface area contributed by atoms with E-state index in [2.05, 4.69) is 15.5 Å². The average Bonchev–Trinajstić information content (AvgIpc) is 3.24. The predicted molar refractivity (Wildman–Crippen MR) is 123 cm³/mol. The quantitative estimate of drug-likeness (QED) is 0.493. The molecule has 1 amide bonds. The van der Waals surface area contributed by atoms with Crippen molar-refractivity contribution in [3.05, 3.63) is 58.9 Å². The summed E-state index contributed by atoms with van der Waals surface area (Å²) < 4.78 is 32.4. The van der Waals surface area contributed by atoms with Crippen molar-refractivity contribution in [1.29, 1.82) is 0 Å². The summed E-state index contributed by atoms with van der Waals surface area (Å²) >= 11 is 6.17. The summed E-state index contributed by atoms with van der Waals surface area (Å²) in [6, 6.07) is 11.9. The lowest BCUT2D eigenvalue weighted by Gasteiger charge is -2.19. The second kappa shape index (κ2) is 10.2. The Morgan fingerprint density at radius 3 is 2.44 bits per heavy atom. The molecule has 2 aromatic carbocycles. The second-order valence-corrected chi connectivity index (χ2v) is 9.49. The molecule has 10 heteroatoms. The molecule has 0 aliphatic heterocycles. The van der Waals surface area contributed by atoms with E-state index in [0.717, 1.165) is 11.1 Å². The number of rotatable bonds is 9. The summed E-state index contributed by atoms with van der Waals surface area (Å²) in [4.78, 5) is 12.5. The van der Waals surface area contributed by atoms with Crippen molar-refractivity contribution in [2.24, 2.45) is 0 Å². The van der Waals surface area contributed by atoms with Gasteiger partial charge >= 0.3 is 0 Å². The van der Waals surface area contributed by atoms with Crippen LogP contribution in [-0.4, -0.2) is 41.9 Å². The molecule has 3 aromatic rings. The number of carbonyl (C=O) groups is 1. The van der Waals surface area contributed by atoms with Crippen LogP contribution in [0, 0.1) is 6.92 Å². The van der Waals surface area contributed by atoms with E-state index in [1.165, 1.54) is 22.5 Å². The van der Waals surface area contributed by atoms with Crippen LogP contribution in [0.25, 0.3) is 11.5 Å². The van der Waals surface area contributed by atoms with Gasteiger partial charge < -0.3 is 9.73 Å². The Labute approximate surface area is 192 Å². The third kappa shape index (κ3) is 5.53. The van der Waals surface area contributed by atoms with E-state index in [1.807, 2.05) is 31.2 Å². The maximum atomic E-state index is 12.7. The molecule has 0 aliphatic carbocycles. The molecule has 1 aromatic heterocycles. The monoisotopic (exact) mass is 476 g/mol. The SMILES string of the molecule is CCN(CC)S(=O)(=O)c1ccc(Cl)c(NC(=O)CCc2nnc(-c3ccc(C)cc3)o2)c1. The number of halogens is 1. The number of hydrogen-bond donors (Lipinski definition) is 1. The van der Waals surface area contributed by atoms with Crippen LogP contribution in [0.2, 0.25) is 5.02 Å². The summed E-state index contributed by atoms with van der Waals surface area (Å²) in [7, 11) is -3.67. The summed E-state index contributed by atoms with van der Waals surface area (Å²) in [6.45, 7) is 6.21. The molecular weight excluding hydrogens is 452 g/mol. The third-order valence-corrected chi connectivity index (χ3v) is 7.26. The van der Waals surface area contributed by atoms with Crippen LogP contribution in [0.15, 0.2) is 51.8 Å². The fourth-order valence-corrected chi connectivity index (χ4v) is 4.72. The van der Waals surface area contributed by atoms with Crippen LogP contribution in [0.5, 0.6) is 0 Å². The minimum atomic E-state index is -3.67. The van der Waals surface area contributed by atoms with Crippen LogP contribution in [0.1, 0.15) is 31.7 Å². The molecule has 0 spiro atoms.